The molecule has 0 spiro atoms. The Balaban J connectivity index is 3.47. The molecule has 36 heavy (non-hydrogen) atoms. The standard InChI is InChI=1S/C29H58O7/c1-2-3-4-5-6-7-8-9-10-11-12-13-14-15-16-17-18-19-20-21-22-27(33)36-26(24-31)29(35)28(34)25(32)23-30/h25-26,28-32,34-35H,2-24H2,1H3/t25-,26-,28-,29-/m0/s1. The van der Waals surface area contributed by atoms with Gasteiger partial charge in [0.25, 0.3) is 0 Å². The Morgan fingerprint density at radius 2 is 0.917 bits per heavy atom. The molecule has 0 aliphatic heterocycles. The van der Waals surface area contributed by atoms with Crippen LogP contribution in [0.15, 0.2) is 0 Å². The van der Waals surface area contributed by atoms with Crippen molar-refractivity contribution >= 4 is 5.97 Å². The molecular formula is C29H58O7. The predicted molar refractivity (Wildman–Crippen MR) is 145 cm³/mol. The maximum atomic E-state index is 11.9. The van der Waals surface area contributed by atoms with Gasteiger partial charge in [0.05, 0.1) is 13.2 Å². The minimum Gasteiger partial charge on any atom is -0.457 e. The number of carbonyl (C=O) groups excluding carboxylic acids is 1. The molecule has 0 bridgehead atoms. The lowest BCUT2D eigenvalue weighted by Gasteiger charge is -2.27. The maximum absolute atomic E-state index is 11.9. The number of carbonyl (C=O) groups is 1. The van der Waals surface area contributed by atoms with Gasteiger partial charge in [-0.05, 0) is 6.42 Å². The summed E-state index contributed by atoms with van der Waals surface area (Å²) in [6, 6.07) is 0. The summed E-state index contributed by atoms with van der Waals surface area (Å²) in [5, 5.41) is 47.1. The Morgan fingerprint density at radius 3 is 1.25 bits per heavy atom. The highest BCUT2D eigenvalue weighted by molar-refractivity contribution is 5.69. The highest BCUT2D eigenvalue weighted by atomic mass is 16.6. The van der Waals surface area contributed by atoms with Gasteiger partial charge in [-0.3, -0.25) is 4.79 Å². The Morgan fingerprint density at radius 1 is 0.556 bits per heavy atom. The van der Waals surface area contributed by atoms with Crippen molar-refractivity contribution in [2.45, 2.75) is 166 Å². The van der Waals surface area contributed by atoms with Crippen LogP contribution in [0.3, 0.4) is 0 Å². The second-order valence-electron chi connectivity index (χ2n) is 10.4. The van der Waals surface area contributed by atoms with Gasteiger partial charge in [0.15, 0.2) is 6.10 Å². The van der Waals surface area contributed by atoms with Gasteiger partial charge in [-0.2, -0.15) is 0 Å². The van der Waals surface area contributed by atoms with Gasteiger partial charge in [0, 0.05) is 6.42 Å². The van der Waals surface area contributed by atoms with E-state index in [9.17, 15) is 25.2 Å². The first-order valence-electron chi connectivity index (χ1n) is 14.9. The molecule has 0 fully saturated rings. The first-order valence-corrected chi connectivity index (χ1v) is 14.9. The zero-order valence-electron chi connectivity index (χ0n) is 23.1. The molecule has 0 aromatic heterocycles. The lowest BCUT2D eigenvalue weighted by Crippen LogP contribution is -2.48. The summed E-state index contributed by atoms with van der Waals surface area (Å²) in [5.41, 5.74) is 0. The first-order chi connectivity index (χ1) is 17.5. The summed E-state index contributed by atoms with van der Waals surface area (Å²) in [4.78, 5) is 11.9. The second kappa shape index (κ2) is 25.9. The third-order valence-corrected chi connectivity index (χ3v) is 7.01. The van der Waals surface area contributed by atoms with E-state index < -0.39 is 43.6 Å². The average Bonchev–Trinajstić information content (AvgIpc) is 2.89. The van der Waals surface area contributed by atoms with Crippen molar-refractivity contribution in [1.29, 1.82) is 0 Å². The van der Waals surface area contributed by atoms with Crippen molar-refractivity contribution in [3.8, 4) is 0 Å². The summed E-state index contributed by atoms with van der Waals surface area (Å²) < 4.78 is 5.03. The largest absolute Gasteiger partial charge is 0.457 e. The minimum atomic E-state index is -1.71. The lowest BCUT2D eigenvalue weighted by molar-refractivity contribution is -0.171. The maximum Gasteiger partial charge on any atom is 0.306 e. The lowest BCUT2D eigenvalue weighted by atomic mass is 10.0. The van der Waals surface area contributed by atoms with Gasteiger partial charge in [0.2, 0.25) is 0 Å². The van der Waals surface area contributed by atoms with E-state index in [4.69, 9.17) is 9.84 Å². The van der Waals surface area contributed by atoms with E-state index in [2.05, 4.69) is 6.92 Å². The zero-order valence-corrected chi connectivity index (χ0v) is 23.1. The fourth-order valence-corrected chi connectivity index (χ4v) is 4.52. The zero-order chi connectivity index (χ0) is 26.9. The van der Waals surface area contributed by atoms with Crippen LogP contribution < -0.4 is 0 Å². The average molecular weight is 519 g/mol. The normalized spacial score (nSPS) is 14.9. The molecule has 216 valence electrons. The summed E-state index contributed by atoms with van der Waals surface area (Å²) >= 11 is 0. The molecular weight excluding hydrogens is 460 g/mol. The number of aliphatic hydroxyl groups excluding tert-OH is 5. The number of unbranched alkanes of at least 4 members (excludes halogenated alkanes) is 19. The Hall–Kier alpha value is -0.730. The number of hydrogen-bond donors (Lipinski definition) is 5. The van der Waals surface area contributed by atoms with Gasteiger partial charge in [0.1, 0.15) is 18.3 Å². The van der Waals surface area contributed by atoms with Crippen molar-refractivity contribution in [2.75, 3.05) is 13.2 Å². The highest BCUT2D eigenvalue weighted by Gasteiger charge is 2.33. The van der Waals surface area contributed by atoms with Crippen LogP contribution in [0.2, 0.25) is 0 Å². The summed E-state index contributed by atoms with van der Waals surface area (Å²) in [6.45, 7) is 0.844. The first kappa shape index (κ1) is 35.3. The van der Waals surface area contributed by atoms with Gasteiger partial charge in [-0.25, -0.2) is 0 Å². The van der Waals surface area contributed by atoms with Crippen molar-refractivity contribution in [1.82, 2.24) is 0 Å². The molecule has 4 atom stereocenters. The van der Waals surface area contributed by atoms with Crippen molar-refractivity contribution in [3.05, 3.63) is 0 Å². The quantitative estimate of drug-likeness (QED) is 0.0749. The van der Waals surface area contributed by atoms with Gasteiger partial charge >= 0.3 is 5.97 Å². The van der Waals surface area contributed by atoms with Crippen LogP contribution in [-0.4, -0.2) is 69.1 Å². The molecule has 0 aliphatic rings. The van der Waals surface area contributed by atoms with Crippen molar-refractivity contribution < 1.29 is 35.1 Å². The summed E-state index contributed by atoms with van der Waals surface area (Å²) in [6.07, 6.45) is 19.6. The fraction of sp³-hybridized carbons (Fsp3) is 0.966. The molecule has 5 N–H and O–H groups in total. The SMILES string of the molecule is CCCCCCCCCCCCCCCCCCCCCCC(=O)O[C@@H](CO)[C@H](O)[C@@H](O)[C@@H](O)CO. The van der Waals surface area contributed by atoms with Crippen molar-refractivity contribution in [2.24, 2.45) is 0 Å². The smallest absolute Gasteiger partial charge is 0.306 e. The molecule has 0 saturated carbocycles. The molecule has 0 heterocycles. The number of hydrogen-bond acceptors (Lipinski definition) is 7. The van der Waals surface area contributed by atoms with Crippen LogP contribution in [0.5, 0.6) is 0 Å². The molecule has 7 heteroatoms. The molecule has 0 radical (unpaired) electrons. The van der Waals surface area contributed by atoms with E-state index in [1.165, 1.54) is 103 Å². The molecule has 0 aromatic rings. The van der Waals surface area contributed by atoms with Gasteiger partial charge in [-0.15, -0.1) is 0 Å². The minimum absolute atomic E-state index is 0.181. The molecule has 7 nitrogen and oxygen atoms in total. The number of aliphatic hydroxyl groups is 5. The van der Waals surface area contributed by atoms with E-state index in [0.717, 1.165) is 19.3 Å². The molecule has 0 rings (SSSR count). The Bertz CT molecular complexity index is 475. The van der Waals surface area contributed by atoms with Gasteiger partial charge in [-0.1, -0.05) is 129 Å². The molecule has 0 aliphatic carbocycles. The van der Waals surface area contributed by atoms with Crippen LogP contribution in [0, 0.1) is 0 Å². The summed E-state index contributed by atoms with van der Waals surface area (Å²) in [7, 11) is 0. The second-order valence-corrected chi connectivity index (χ2v) is 10.4. The third-order valence-electron chi connectivity index (χ3n) is 7.01. The van der Waals surface area contributed by atoms with E-state index in [-0.39, 0.29) is 6.42 Å². The van der Waals surface area contributed by atoms with E-state index in [1.54, 1.807) is 0 Å². The third kappa shape index (κ3) is 20.3. The van der Waals surface area contributed by atoms with Crippen molar-refractivity contribution in [3.63, 3.8) is 0 Å². The van der Waals surface area contributed by atoms with Crippen LogP contribution in [-0.2, 0) is 9.53 Å². The molecule has 0 amide bonds. The van der Waals surface area contributed by atoms with E-state index in [1.807, 2.05) is 0 Å². The summed E-state index contributed by atoms with van der Waals surface area (Å²) in [5.74, 6) is -0.554. The topological polar surface area (TPSA) is 127 Å². The van der Waals surface area contributed by atoms with Crippen LogP contribution >= 0.6 is 0 Å². The highest BCUT2D eigenvalue weighted by Crippen LogP contribution is 2.16. The monoisotopic (exact) mass is 518 g/mol. The number of rotatable bonds is 27. The van der Waals surface area contributed by atoms with Crippen LogP contribution in [0.25, 0.3) is 0 Å². The van der Waals surface area contributed by atoms with Crippen LogP contribution in [0.1, 0.15) is 142 Å². The molecule has 0 unspecified atom stereocenters. The fourth-order valence-electron chi connectivity index (χ4n) is 4.52. The Kier molecular flexibility index (Phi) is 25.4. The number of esters is 1. The van der Waals surface area contributed by atoms with E-state index >= 15 is 0 Å². The van der Waals surface area contributed by atoms with Crippen LogP contribution in [0.4, 0.5) is 0 Å². The predicted octanol–water partition coefficient (Wildman–Crippen LogP) is 5.18. The van der Waals surface area contributed by atoms with Gasteiger partial charge < -0.3 is 30.3 Å². The number of ether oxygens (including phenoxy) is 1. The molecule has 0 aromatic carbocycles. The molecule has 0 saturated heterocycles. The Labute approximate surface area is 220 Å². The van der Waals surface area contributed by atoms with E-state index in [0.29, 0.717) is 6.42 Å².